The van der Waals surface area contributed by atoms with Crippen LogP contribution >= 0.6 is 23.8 Å². The molecule has 0 fully saturated rings. The summed E-state index contributed by atoms with van der Waals surface area (Å²) < 4.78 is 4.77. The molecule has 0 aliphatic carbocycles. The summed E-state index contributed by atoms with van der Waals surface area (Å²) in [5, 5.41) is 7.27. The van der Waals surface area contributed by atoms with Crippen molar-refractivity contribution >= 4 is 40.6 Å². The number of thiocarbonyl (C=S) groups is 1. The van der Waals surface area contributed by atoms with E-state index in [2.05, 4.69) is 41.8 Å². The summed E-state index contributed by atoms with van der Waals surface area (Å²) in [6.07, 6.45) is 0. The highest BCUT2D eigenvalue weighted by Gasteiger charge is 2.17. The van der Waals surface area contributed by atoms with Gasteiger partial charge < -0.3 is 15.4 Å². The van der Waals surface area contributed by atoms with Crippen LogP contribution in [0.3, 0.4) is 0 Å². The first kappa shape index (κ1) is 20.8. The van der Waals surface area contributed by atoms with Crippen LogP contribution in [0.15, 0.2) is 72.8 Å². The molecule has 148 valence electrons. The van der Waals surface area contributed by atoms with Gasteiger partial charge in [0.15, 0.2) is 5.11 Å². The second-order valence-electron chi connectivity index (χ2n) is 6.48. The highest BCUT2D eigenvalue weighted by Crippen LogP contribution is 2.26. The van der Waals surface area contributed by atoms with E-state index in [4.69, 9.17) is 28.6 Å². The Kier molecular flexibility index (Phi) is 6.86. The van der Waals surface area contributed by atoms with Crippen molar-refractivity contribution in [1.82, 2.24) is 5.32 Å². The maximum Gasteiger partial charge on any atom is 0.339 e. The standard InChI is InChI=1S/C23H21ClN2O2S/c1-15-8-6-7-11-18(15)21(16-9-4-3-5-10-16)26-23(29)25-17-12-13-20(24)19(14-17)22(27)28-2/h3-14,21H,1-2H3,(H2,25,26,29). The molecule has 6 heteroatoms. The fourth-order valence-electron chi connectivity index (χ4n) is 3.06. The van der Waals surface area contributed by atoms with Gasteiger partial charge in [0.25, 0.3) is 0 Å². The number of hydrogen-bond donors (Lipinski definition) is 2. The zero-order valence-electron chi connectivity index (χ0n) is 16.1. The number of carbonyl (C=O) groups excluding carboxylic acids is 1. The van der Waals surface area contributed by atoms with Gasteiger partial charge in [-0.15, -0.1) is 0 Å². The maximum absolute atomic E-state index is 11.9. The average molecular weight is 425 g/mol. The third kappa shape index (κ3) is 5.13. The summed E-state index contributed by atoms with van der Waals surface area (Å²) >= 11 is 11.6. The van der Waals surface area contributed by atoms with Gasteiger partial charge in [-0.2, -0.15) is 0 Å². The number of carbonyl (C=O) groups is 1. The molecule has 1 atom stereocenters. The zero-order chi connectivity index (χ0) is 20.8. The summed E-state index contributed by atoms with van der Waals surface area (Å²) in [5.74, 6) is -0.500. The Bertz CT molecular complexity index is 1020. The number of halogens is 1. The van der Waals surface area contributed by atoms with Crippen molar-refractivity contribution < 1.29 is 9.53 Å². The Balaban J connectivity index is 1.85. The molecule has 1 unspecified atom stereocenters. The van der Waals surface area contributed by atoms with E-state index in [9.17, 15) is 4.79 Å². The number of esters is 1. The van der Waals surface area contributed by atoms with E-state index in [0.717, 1.165) is 16.7 Å². The Morgan fingerprint density at radius 2 is 1.72 bits per heavy atom. The van der Waals surface area contributed by atoms with Crippen LogP contribution in [0, 0.1) is 6.92 Å². The summed E-state index contributed by atoms with van der Waals surface area (Å²) in [6, 6.07) is 23.2. The second kappa shape index (κ2) is 9.54. The van der Waals surface area contributed by atoms with Crippen LogP contribution in [0.25, 0.3) is 0 Å². The molecule has 0 saturated carbocycles. The molecule has 0 saturated heterocycles. The van der Waals surface area contributed by atoms with Gasteiger partial charge >= 0.3 is 5.97 Å². The molecule has 0 radical (unpaired) electrons. The molecule has 3 aromatic carbocycles. The molecule has 0 bridgehead atoms. The van der Waals surface area contributed by atoms with Crippen molar-refractivity contribution in [3.05, 3.63) is 100 Å². The Morgan fingerprint density at radius 1 is 1.03 bits per heavy atom. The molecule has 0 heterocycles. The fourth-order valence-corrected chi connectivity index (χ4v) is 3.49. The van der Waals surface area contributed by atoms with E-state index in [1.54, 1.807) is 18.2 Å². The van der Waals surface area contributed by atoms with Crippen LogP contribution in [0.5, 0.6) is 0 Å². The van der Waals surface area contributed by atoms with Gasteiger partial charge in [0.2, 0.25) is 0 Å². The summed E-state index contributed by atoms with van der Waals surface area (Å²) in [5.41, 5.74) is 4.31. The zero-order valence-corrected chi connectivity index (χ0v) is 17.7. The molecule has 0 aliphatic heterocycles. The molecular weight excluding hydrogens is 404 g/mol. The average Bonchev–Trinajstić information content (AvgIpc) is 2.74. The quantitative estimate of drug-likeness (QED) is 0.417. The van der Waals surface area contributed by atoms with Gasteiger partial charge in [-0.3, -0.25) is 0 Å². The topological polar surface area (TPSA) is 50.4 Å². The predicted molar refractivity (Wildman–Crippen MR) is 122 cm³/mol. The van der Waals surface area contributed by atoms with Crippen molar-refractivity contribution in [2.45, 2.75) is 13.0 Å². The molecule has 0 aliphatic rings. The lowest BCUT2D eigenvalue weighted by molar-refractivity contribution is 0.0601. The minimum absolute atomic E-state index is 0.121. The van der Waals surface area contributed by atoms with Crippen molar-refractivity contribution in [2.75, 3.05) is 12.4 Å². The Hall–Kier alpha value is -2.89. The predicted octanol–water partition coefficient (Wildman–Crippen LogP) is 5.51. The van der Waals surface area contributed by atoms with Gasteiger partial charge in [-0.05, 0) is 54.0 Å². The summed E-state index contributed by atoms with van der Waals surface area (Å²) in [7, 11) is 1.32. The van der Waals surface area contributed by atoms with Gasteiger partial charge in [-0.1, -0.05) is 66.2 Å². The first-order valence-electron chi connectivity index (χ1n) is 9.05. The smallest absolute Gasteiger partial charge is 0.339 e. The molecule has 3 rings (SSSR count). The minimum Gasteiger partial charge on any atom is -0.465 e. The minimum atomic E-state index is -0.500. The molecule has 0 spiro atoms. The Morgan fingerprint density at radius 3 is 2.41 bits per heavy atom. The third-order valence-corrected chi connectivity index (χ3v) is 5.09. The van der Waals surface area contributed by atoms with Gasteiger partial charge in [0.05, 0.1) is 23.7 Å². The molecule has 3 aromatic rings. The van der Waals surface area contributed by atoms with E-state index >= 15 is 0 Å². The number of aryl methyl sites for hydroxylation is 1. The van der Waals surface area contributed by atoms with Gasteiger partial charge in [0, 0.05) is 5.69 Å². The summed E-state index contributed by atoms with van der Waals surface area (Å²) in [6.45, 7) is 2.07. The Labute approximate surface area is 180 Å². The van der Waals surface area contributed by atoms with Crippen LogP contribution in [0.2, 0.25) is 5.02 Å². The number of benzene rings is 3. The van der Waals surface area contributed by atoms with E-state index in [1.807, 2.05) is 30.3 Å². The lowest BCUT2D eigenvalue weighted by Gasteiger charge is -2.23. The van der Waals surface area contributed by atoms with E-state index in [1.165, 1.54) is 7.11 Å². The van der Waals surface area contributed by atoms with Crippen LogP contribution < -0.4 is 10.6 Å². The van der Waals surface area contributed by atoms with E-state index < -0.39 is 5.97 Å². The summed E-state index contributed by atoms with van der Waals surface area (Å²) in [4.78, 5) is 11.9. The number of rotatable bonds is 5. The van der Waals surface area contributed by atoms with Crippen LogP contribution in [-0.4, -0.2) is 18.2 Å². The molecule has 0 aromatic heterocycles. The molecule has 0 amide bonds. The number of nitrogens with one attached hydrogen (secondary N) is 2. The number of hydrogen-bond acceptors (Lipinski definition) is 3. The second-order valence-corrected chi connectivity index (χ2v) is 7.30. The number of ether oxygens (including phenoxy) is 1. The van der Waals surface area contributed by atoms with Crippen LogP contribution in [0.1, 0.15) is 33.1 Å². The van der Waals surface area contributed by atoms with E-state index in [0.29, 0.717) is 15.8 Å². The van der Waals surface area contributed by atoms with Crippen LogP contribution in [0.4, 0.5) is 5.69 Å². The SMILES string of the molecule is COC(=O)c1cc(NC(=S)NC(c2ccccc2)c2ccccc2C)ccc1Cl. The van der Waals surface area contributed by atoms with E-state index in [-0.39, 0.29) is 11.6 Å². The van der Waals surface area contributed by atoms with Crippen LogP contribution in [-0.2, 0) is 4.74 Å². The molecular formula is C23H21ClN2O2S. The molecule has 4 nitrogen and oxygen atoms in total. The van der Waals surface area contributed by atoms with Gasteiger partial charge in [-0.25, -0.2) is 4.79 Å². The maximum atomic E-state index is 11.9. The van der Waals surface area contributed by atoms with Crippen molar-refractivity contribution in [2.24, 2.45) is 0 Å². The first-order valence-corrected chi connectivity index (χ1v) is 9.84. The molecule has 2 N–H and O–H groups in total. The van der Waals surface area contributed by atoms with Crippen molar-refractivity contribution in [1.29, 1.82) is 0 Å². The normalized spacial score (nSPS) is 11.4. The third-order valence-electron chi connectivity index (χ3n) is 4.54. The van der Waals surface area contributed by atoms with Gasteiger partial charge in [0.1, 0.15) is 0 Å². The monoisotopic (exact) mass is 424 g/mol. The highest BCUT2D eigenvalue weighted by molar-refractivity contribution is 7.80. The lowest BCUT2D eigenvalue weighted by atomic mass is 9.95. The van der Waals surface area contributed by atoms with Crippen molar-refractivity contribution in [3.63, 3.8) is 0 Å². The highest BCUT2D eigenvalue weighted by atomic mass is 35.5. The largest absolute Gasteiger partial charge is 0.465 e. The number of anilines is 1. The fraction of sp³-hybridized carbons (Fsp3) is 0.130. The first-order chi connectivity index (χ1) is 14.0. The number of methoxy groups -OCH3 is 1. The molecule has 29 heavy (non-hydrogen) atoms. The van der Waals surface area contributed by atoms with Crippen molar-refractivity contribution in [3.8, 4) is 0 Å². The lowest BCUT2D eigenvalue weighted by Crippen LogP contribution is -2.33.